The highest BCUT2D eigenvalue weighted by molar-refractivity contribution is 7.92. The van der Waals surface area contributed by atoms with Gasteiger partial charge in [0.15, 0.2) is 5.76 Å². The van der Waals surface area contributed by atoms with Crippen molar-refractivity contribution >= 4 is 15.7 Å². The van der Waals surface area contributed by atoms with Crippen LogP contribution in [0.5, 0.6) is 0 Å². The number of H-pyrrole nitrogens is 1. The zero-order valence-corrected chi connectivity index (χ0v) is 14.2. The minimum absolute atomic E-state index is 0.0156. The number of sulfonamides is 1. The summed E-state index contributed by atoms with van der Waals surface area (Å²) in [6.45, 7) is 5.03. The number of nitrogens with zero attached hydrogens (tertiary/aromatic N) is 1. The molecule has 0 amide bonds. The van der Waals surface area contributed by atoms with Crippen molar-refractivity contribution in [3.63, 3.8) is 0 Å². The van der Waals surface area contributed by atoms with Crippen molar-refractivity contribution in [2.75, 3.05) is 4.72 Å². The first kappa shape index (κ1) is 16.3. The van der Waals surface area contributed by atoms with E-state index in [0.29, 0.717) is 22.7 Å². The molecule has 0 saturated carbocycles. The van der Waals surface area contributed by atoms with Crippen molar-refractivity contribution in [1.29, 1.82) is 0 Å². The van der Waals surface area contributed by atoms with Crippen LogP contribution < -0.4 is 4.72 Å². The van der Waals surface area contributed by atoms with Crippen LogP contribution in [-0.4, -0.2) is 18.6 Å². The number of furan rings is 1. The number of benzene rings is 1. The van der Waals surface area contributed by atoms with Gasteiger partial charge in [0.05, 0.1) is 5.69 Å². The van der Waals surface area contributed by atoms with Crippen molar-refractivity contribution in [2.45, 2.75) is 25.7 Å². The number of aryl methyl sites for hydroxylation is 3. The van der Waals surface area contributed by atoms with Crippen LogP contribution in [0, 0.1) is 26.6 Å². The van der Waals surface area contributed by atoms with E-state index in [-0.39, 0.29) is 10.7 Å². The number of rotatable bonds is 4. The Morgan fingerprint density at radius 3 is 2.54 bits per heavy atom. The lowest BCUT2D eigenvalue weighted by Crippen LogP contribution is -2.14. The van der Waals surface area contributed by atoms with Crippen LogP contribution in [-0.2, 0) is 10.0 Å². The Labute approximate surface area is 138 Å². The van der Waals surface area contributed by atoms with E-state index >= 15 is 0 Å². The number of anilines is 1. The zero-order valence-electron chi connectivity index (χ0n) is 13.3. The van der Waals surface area contributed by atoms with Gasteiger partial charge in [-0.15, -0.1) is 0 Å². The molecule has 0 radical (unpaired) electrons. The molecule has 3 rings (SSSR count). The van der Waals surface area contributed by atoms with Crippen molar-refractivity contribution in [3.05, 3.63) is 53.2 Å². The van der Waals surface area contributed by atoms with Crippen molar-refractivity contribution in [2.24, 2.45) is 0 Å². The molecule has 0 bridgehead atoms. The van der Waals surface area contributed by atoms with E-state index in [4.69, 9.17) is 4.42 Å². The molecule has 0 atom stereocenters. The van der Waals surface area contributed by atoms with Crippen LogP contribution in [0.15, 0.2) is 39.6 Å². The average Bonchev–Trinajstić information content (AvgIpc) is 3.08. The van der Waals surface area contributed by atoms with Gasteiger partial charge in [0.1, 0.15) is 22.2 Å². The van der Waals surface area contributed by atoms with Crippen molar-refractivity contribution in [3.8, 4) is 11.5 Å². The van der Waals surface area contributed by atoms with Gasteiger partial charge in [-0.25, -0.2) is 12.8 Å². The lowest BCUT2D eigenvalue weighted by molar-refractivity contribution is 0.533. The number of aromatic nitrogens is 2. The van der Waals surface area contributed by atoms with E-state index in [1.165, 1.54) is 24.3 Å². The summed E-state index contributed by atoms with van der Waals surface area (Å²) in [5.41, 5.74) is 2.16. The van der Waals surface area contributed by atoms with Gasteiger partial charge in [-0.05, 0) is 50.6 Å². The van der Waals surface area contributed by atoms with Gasteiger partial charge in [0, 0.05) is 11.8 Å². The third-order valence-electron chi connectivity index (χ3n) is 3.55. The topological polar surface area (TPSA) is 88.0 Å². The Hall–Kier alpha value is -2.61. The number of aromatic amines is 1. The molecular weight excluding hydrogens is 333 g/mol. The maximum atomic E-state index is 13.2. The molecule has 6 nitrogen and oxygen atoms in total. The van der Waals surface area contributed by atoms with Gasteiger partial charge in [0.25, 0.3) is 10.0 Å². The second-order valence-corrected chi connectivity index (χ2v) is 7.18. The molecule has 2 aromatic heterocycles. The SMILES string of the molecule is Cc1cc(-c2cc(S(=O)(=O)Nc3ccc(F)cc3C)c(C)o2)n[nH]1. The fourth-order valence-corrected chi connectivity index (χ4v) is 3.65. The number of hydrogen-bond donors (Lipinski definition) is 2. The molecule has 2 N–H and O–H groups in total. The number of hydrogen-bond acceptors (Lipinski definition) is 4. The van der Waals surface area contributed by atoms with Crippen LogP contribution in [0.25, 0.3) is 11.5 Å². The maximum Gasteiger partial charge on any atom is 0.265 e. The summed E-state index contributed by atoms with van der Waals surface area (Å²) in [6, 6.07) is 7.02. The molecule has 1 aromatic carbocycles. The summed E-state index contributed by atoms with van der Waals surface area (Å²) in [5.74, 6) is 0.178. The molecule has 126 valence electrons. The fraction of sp³-hybridized carbons (Fsp3) is 0.188. The maximum absolute atomic E-state index is 13.2. The standard InChI is InChI=1S/C16H16FN3O3S/c1-9-6-12(17)4-5-13(9)20-24(21,22)16-8-15(23-11(16)3)14-7-10(2)18-19-14/h4-8,20H,1-3H3,(H,18,19). The van der Waals surface area contributed by atoms with Gasteiger partial charge in [0.2, 0.25) is 0 Å². The normalized spacial score (nSPS) is 11.7. The molecule has 0 aliphatic heterocycles. The molecule has 0 aliphatic carbocycles. The first-order valence-corrected chi connectivity index (χ1v) is 8.66. The number of nitrogens with one attached hydrogen (secondary N) is 2. The second-order valence-electron chi connectivity index (χ2n) is 5.53. The number of halogens is 1. The zero-order chi connectivity index (χ0) is 17.5. The van der Waals surface area contributed by atoms with E-state index in [1.54, 1.807) is 19.9 Å². The van der Waals surface area contributed by atoms with Gasteiger partial charge in [-0.2, -0.15) is 5.10 Å². The first-order chi connectivity index (χ1) is 11.3. The van der Waals surface area contributed by atoms with Crippen LogP contribution in [0.2, 0.25) is 0 Å². The van der Waals surface area contributed by atoms with E-state index < -0.39 is 15.8 Å². The third-order valence-corrected chi connectivity index (χ3v) is 5.03. The molecule has 0 spiro atoms. The Morgan fingerprint density at radius 1 is 1.17 bits per heavy atom. The quantitative estimate of drug-likeness (QED) is 0.754. The Bertz CT molecular complexity index is 1010. The Balaban J connectivity index is 1.96. The summed E-state index contributed by atoms with van der Waals surface area (Å²) in [6.07, 6.45) is 0. The van der Waals surface area contributed by atoms with Gasteiger partial charge >= 0.3 is 0 Å². The highest BCUT2D eigenvalue weighted by Crippen LogP contribution is 2.29. The van der Waals surface area contributed by atoms with Gasteiger partial charge < -0.3 is 4.42 Å². The average molecular weight is 349 g/mol. The van der Waals surface area contributed by atoms with Crippen LogP contribution in [0.4, 0.5) is 10.1 Å². The molecule has 2 heterocycles. The highest BCUT2D eigenvalue weighted by Gasteiger charge is 2.23. The molecule has 8 heteroatoms. The predicted molar refractivity (Wildman–Crippen MR) is 87.7 cm³/mol. The fourth-order valence-electron chi connectivity index (χ4n) is 2.34. The molecular formula is C16H16FN3O3S. The van der Waals surface area contributed by atoms with Crippen LogP contribution in [0.1, 0.15) is 17.0 Å². The second kappa shape index (κ2) is 5.79. The molecule has 0 unspecified atom stereocenters. The Kier molecular flexibility index (Phi) is 3.92. The van der Waals surface area contributed by atoms with Crippen molar-refractivity contribution in [1.82, 2.24) is 10.2 Å². The molecule has 0 saturated heterocycles. The highest BCUT2D eigenvalue weighted by atomic mass is 32.2. The predicted octanol–water partition coefficient (Wildman–Crippen LogP) is 3.53. The monoisotopic (exact) mass is 349 g/mol. The van der Waals surface area contributed by atoms with E-state index in [9.17, 15) is 12.8 Å². The summed E-state index contributed by atoms with van der Waals surface area (Å²) < 4.78 is 46.4. The molecule has 0 aliphatic rings. The third kappa shape index (κ3) is 3.05. The molecule has 3 aromatic rings. The lowest BCUT2D eigenvalue weighted by Gasteiger charge is -2.09. The molecule has 0 fully saturated rings. The van der Waals surface area contributed by atoms with Gasteiger partial charge in [-0.1, -0.05) is 0 Å². The minimum atomic E-state index is -3.86. The van der Waals surface area contributed by atoms with E-state index in [0.717, 1.165) is 5.69 Å². The largest absolute Gasteiger partial charge is 0.458 e. The van der Waals surface area contributed by atoms with Crippen LogP contribution >= 0.6 is 0 Å². The summed E-state index contributed by atoms with van der Waals surface area (Å²) in [5, 5.41) is 6.83. The lowest BCUT2D eigenvalue weighted by atomic mass is 10.2. The van der Waals surface area contributed by atoms with Crippen LogP contribution in [0.3, 0.4) is 0 Å². The summed E-state index contributed by atoms with van der Waals surface area (Å²) >= 11 is 0. The van der Waals surface area contributed by atoms with E-state index in [1.807, 2.05) is 6.92 Å². The van der Waals surface area contributed by atoms with Gasteiger partial charge in [-0.3, -0.25) is 9.82 Å². The summed E-state index contributed by atoms with van der Waals surface area (Å²) in [7, 11) is -3.86. The Morgan fingerprint density at radius 2 is 1.92 bits per heavy atom. The minimum Gasteiger partial charge on any atom is -0.458 e. The first-order valence-electron chi connectivity index (χ1n) is 7.18. The molecule has 24 heavy (non-hydrogen) atoms. The van der Waals surface area contributed by atoms with Crippen molar-refractivity contribution < 1.29 is 17.2 Å². The van der Waals surface area contributed by atoms with E-state index in [2.05, 4.69) is 14.9 Å². The summed E-state index contributed by atoms with van der Waals surface area (Å²) in [4.78, 5) is 0.0156. The smallest absolute Gasteiger partial charge is 0.265 e.